The van der Waals surface area contributed by atoms with Gasteiger partial charge in [0.25, 0.3) is 0 Å². The van der Waals surface area contributed by atoms with Crippen molar-refractivity contribution in [3.05, 3.63) is 29.8 Å². The number of aliphatic hydroxyl groups is 1. The summed E-state index contributed by atoms with van der Waals surface area (Å²) < 4.78 is 5.83. The Morgan fingerprint density at radius 3 is 2.36 bits per heavy atom. The molecule has 0 saturated heterocycles. The van der Waals surface area contributed by atoms with Crippen LogP contribution >= 0.6 is 0 Å². The third-order valence-electron chi connectivity index (χ3n) is 5.59. The SMILES string of the molecule is CCCCCOc1ccc([C@@](O)(CCN(C)C)C2CCCCC2)cc1. The minimum Gasteiger partial charge on any atom is -0.494 e. The second-order valence-electron chi connectivity index (χ2n) is 7.89. The van der Waals surface area contributed by atoms with E-state index >= 15 is 0 Å². The molecule has 1 atom stereocenters. The molecule has 142 valence electrons. The Kier molecular flexibility index (Phi) is 8.25. The predicted molar refractivity (Wildman–Crippen MR) is 105 cm³/mol. The van der Waals surface area contributed by atoms with Crippen molar-refractivity contribution in [2.24, 2.45) is 5.92 Å². The van der Waals surface area contributed by atoms with Crippen LogP contribution in [0.2, 0.25) is 0 Å². The van der Waals surface area contributed by atoms with Crippen LogP contribution in [0.3, 0.4) is 0 Å². The van der Waals surface area contributed by atoms with Crippen LogP contribution < -0.4 is 4.74 Å². The molecule has 1 aromatic rings. The van der Waals surface area contributed by atoms with Crippen LogP contribution in [-0.2, 0) is 5.60 Å². The summed E-state index contributed by atoms with van der Waals surface area (Å²) in [7, 11) is 4.16. The third kappa shape index (κ3) is 6.00. The van der Waals surface area contributed by atoms with E-state index in [2.05, 4.69) is 38.1 Å². The van der Waals surface area contributed by atoms with Crippen molar-refractivity contribution in [1.29, 1.82) is 0 Å². The Labute approximate surface area is 154 Å². The molecule has 3 heteroatoms. The van der Waals surface area contributed by atoms with E-state index in [0.29, 0.717) is 5.92 Å². The summed E-state index contributed by atoms with van der Waals surface area (Å²) >= 11 is 0. The Balaban J connectivity index is 2.07. The zero-order valence-corrected chi connectivity index (χ0v) is 16.5. The fourth-order valence-electron chi connectivity index (χ4n) is 3.94. The largest absolute Gasteiger partial charge is 0.494 e. The van der Waals surface area contributed by atoms with E-state index in [1.807, 2.05) is 12.1 Å². The summed E-state index contributed by atoms with van der Waals surface area (Å²) in [5.74, 6) is 1.29. The Bertz CT molecular complexity index is 479. The van der Waals surface area contributed by atoms with E-state index < -0.39 is 5.60 Å². The molecule has 3 nitrogen and oxygen atoms in total. The van der Waals surface area contributed by atoms with Gasteiger partial charge in [0.15, 0.2) is 0 Å². The van der Waals surface area contributed by atoms with Gasteiger partial charge >= 0.3 is 0 Å². The van der Waals surface area contributed by atoms with Crippen LogP contribution in [0.4, 0.5) is 0 Å². The molecule has 25 heavy (non-hydrogen) atoms. The Morgan fingerprint density at radius 1 is 1.08 bits per heavy atom. The van der Waals surface area contributed by atoms with Crippen molar-refractivity contribution >= 4 is 0 Å². The molecular weight excluding hydrogens is 310 g/mol. The molecule has 0 amide bonds. The van der Waals surface area contributed by atoms with E-state index in [1.54, 1.807) is 0 Å². The molecule has 0 heterocycles. The maximum absolute atomic E-state index is 11.6. The second kappa shape index (κ2) is 10.2. The first kappa shape index (κ1) is 20.3. The molecule has 0 bridgehead atoms. The summed E-state index contributed by atoms with van der Waals surface area (Å²) in [6.07, 6.45) is 10.4. The summed E-state index contributed by atoms with van der Waals surface area (Å²) in [5.41, 5.74) is 0.341. The average Bonchev–Trinajstić information content (AvgIpc) is 2.64. The standard InChI is InChI=1S/C22H37NO2/c1-4-5-9-18-25-21-14-12-20(13-15-21)22(24,16-17-23(2)3)19-10-7-6-8-11-19/h12-15,19,24H,4-11,16-18H2,1-3H3/t22-/m1/s1. The van der Waals surface area contributed by atoms with Crippen LogP contribution in [0.15, 0.2) is 24.3 Å². The first-order chi connectivity index (χ1) is 12.1. The smallest absolute Gasteiger partial charge is 0.119 e. The minimum absolute atomic E-state index is 0.373. The molecule has 0 radical (unpaired) electrons. The molecule has 1 aliphatic rings. The first-order valence-corrected chi connectivity index (χ1v) is 10.2. The molecule has 1 aliphatic carbocycles. The molecule has 2 rings (SSSR count). The summed E-state index contributed by atoms with van der Waals surface area (Å²) in [6, 6.07) is 8.23. The lowest BCUT2D eigenvalue weighted by atomic mass is 9.71. The van der Waals surface area contributed by atoms with E-state index in [0.717, 1.165) is 50.1 Å². The fraction of sp³-hybridized carbons (Fsp3) is 0.727. The Hall–Kier alpha value is -1.06. The lowest BCUT2D eigenvalue weighted by molar-refractivity contribution is -0.0500. The second-order valence-corrected chi connectivity index (χ2v) is 7.89. The normalized spacial score (nSPS) is 18.3. The van der Waals surface area contributed by atoms with Gasteiger partial charge in [0.1, 0.15) is 5.75 Å². The van der Waals surface area contributed by atoms with Gasteiger partial charge in [-0.3, -0.25) is 0 Å². The zero-order chi connectivity index (χ0) is 18.1. The fourth-order valence-corrected chi connectivity index (χ4v) is 3.94. The topological polar surface area (TPSA) is 32.7 Å². The Morgan fingerprint density at radius 2 is 1.76 bits per heavy atom. The molecule has 0 unspecified atom stereocenters. The van der Waals surface area contributed by atoms with Gasteiger partial charge in [0.2, 0.25) is 0 Å². The van der Waals surface area contributed by atoms with E-state index in [4.69, 9.17) is 4.74 Å². The first-order valence-electron chi connectivity index (χ1n) is 10.2. The van der Waals surface area contributed by atoms with Gasteiger partial charge in [-0.2, -0.15) is 0 Å². The predicted octanol–water partition coefficient (Wildman–Crippen LogP) is 4.98. The van der Waals surface area contributed by atoms with Gasteiger partial charge in [0, 0.05) is 6.54 Å². The minimum atomic E-state index is -0.717. The van der Waals surface area contributed by atoms with Crippen molar-refractivity contribution in [1.82, 2.24) is 4.90 Å². The van der Waals surface area contributed by atoms with Crippen molar-refractivity contribution in [2.75, 3.05) is 27.2 Å². The molecule has 1 fully saturated rings. The van der Waals surface area contributed by atoms with Crippen LogP contribution in [0, 0.1) is 5.92 Å². The highest BCUT2D eigenvalue weighted by Gasteiger charge is 2.38. The van der Waals surface area contributed by atoms with Crippen molar-refractivity contribution in [3.63, 3.8) is 0 Å². The molecule has 1 aromatic carbocycles. The molecular formula is C22H37NO2. The highest BCUT2D eigenvalue weighted by Crippen LogP contribution is 2.42. The third-order valence-corrected chi connectivity index (χ3v) is 5.59. The van der Waals surface area contributed by atoms with Crippen LogP contribution in [0.25, 0.3) is 0 Å². The molecule has 0 aliphatic heterocycles. The molecule has 0 aromatic heterocycles. The van der Waals surface area contributed by atoms with Gasteiger partial charge < -0.3 is 14.7 Å². The van der Waals surface area contributed by atoms with Crippen molar-refractivity contribution in [3.8, 4) is 5.75 Å². The number of unbranched alkanes of at least 4 members (excludes halogenated alkanes) is 2. The number of rotatable bonds is 10. The van der Waals surface area contributed by atoms with E-state index in [1.165, 1.54) is 32.1 Å². The van der Waals surface area contributed by atoms with Crippen molar-refractivity contribution < 1.29 is 9.84 Å². The van der Waals surface area contributed by atoms with Gasteiger partial charge in [-0.15, -0.1) is 0 Å². The van der Waals surface area contributed by atoms with E-state index in [9.17, 15) is 5.11 Å². The van der Waals surface area contributed by atoms with Gasteiger partial charge in [-0.1, -0.05) is 51.2 Å². The number of nitrogens with zero attached hydrogens (tertiary/aromatic N) is 1. The number of hydrogen-bond acceptors (Lipinski definition) is 3. The molecule has 0 spiro atoms. The highest BCUT2D eigenvalue weighted by molar-refractivity contribution is 5.31. The van der Waals surface area contributed by atoms with Gasteiger partial charge in [0.05, 0.1) is 12.2 Å². The number of benzene rings is 1. The van der Waals surface area contributed by atoms with Gasteiger partial charge in [-0.25, -0.2) is 0 Å². The maximum atomic E-state index is 11.6. The van der Waals surface area contributed by atoms with Crippen LogP contribution in [0.1, 0.15) is 70.3 Å². The zero-order valence-electron chi connectivity index (χ0n) is 16.5. The summed E-state index contributed by atoms with van der Waals surface area (Å²) in [5, 5.41) is 11.6. The number of ether oxygens (including phenoxy) is 1. The van der Waals surface area contributed by atoms with Crippen LogP contribution in [0.5, 0.6) is 5.75 Å². The van der Waals surface area contributed by atoms with Crippen molar-refractivity contribution in [2.45, 2.75) is 70.3 Å². The molecule has 1 saturated carbocycles. The lowest BCUT2D eigenvalue weighted by Crippen LogP contribution is -2.39. The summed E-state index contributed by atoms with van der Waals surface area (Å²) in [6.45, 7) is 3.89. The van der Waals surface area contributed by atoms with E-state index in [-0.39, 0.29) is 0 Å². The monoisotopic (exact) mass is 347 g/mol. The van der Waals surface area contributed by atoms with Gasteiger partial charge in [-0.05, 0) is 63.4 Å². The molecule has 1 N–H and O–H groups in total. The summed E-state index contributed by atoms with van der Waals surface area (Å²) in [4.78, 5) is 2.17. The highest BCUT2D eigenvalue weighted by atomic mass is 16.5. The lowest BCUT2D eigenvalue weighted by Gasteiger charge is -2.40. The van der Waals surface area contributed by atoms with Crippen LogP contribution in [-0.4, -0.2) is 37.3 Å². The maximum Gasteiger partial charge on any atom is 0.119 e. The average molecular weight is 348 g/mol. The number of hydrogen-bond donors (Lipinski definition) is 1. The quantitative estimate of drug-likeness (QED) is 0.606.